The summed E-state index contributed by atoms with van der Waals surface area (Å²) < 4.78 is 0. The van der Waals surface area contributed by atoms with Crippen molar-refractivity contribution in [3.05, 3.63) is 23.8 Å². The van der Waals surface area contributed by atoms with Gasteiger partial charge in [0.05, 0.1) is 11.3 Å². The van der Waals surface area contributed by atoms with Gasteiger partial charge in [0.15, 0.2) is 0 Å². The second-order valence-electron chi connectivity index (χ2n) is 6.13. The Balaban J connectivity index is 2.84. The van der Waals surface area contributed by atoms with E-state index in [1.807, 2.05) is 6.92 Å². The molecule has 0 aliphatic rings. The number of nitrogens with one attached hydrogen (secondary N) is 1. The van der Waals surface area contributed by atoms with Gasteiger partial charge in [-0.2, -0.15) is 0 Å². The van der Waals surface area contributed by atoms with E-state index < -0.39 is 5.97 Å². The summed E-state index contributed by atoms with van der Waals surface area (Å²) in [5, 5.41) is 11.8. The Labute approximate surface area is 119 Å². The first-order chi connectivity index (χ1) is 9.11. The Morgan fingerprint density at radius 1 is 1.35 bits per heavy atom. The van der Waals surface area contributed by atoms with Crippen LogP contribution in [0.1, 0.15) is 44.5 Å². The first-order valence-corrected chi connectivity index (χ1v) is 6.54. The van der Waals surface area contributed by atoms with Gasteiger partial charge in [0.1, 0.15) is 0 Å². The van der Waals surface area contributed by atoms with Crippen LogP contribution in [0.2, 0.25) is 0 Å². The highest BCUT2D eigenvalue weighted by atomic mass is 16.4. The summed E-state index contributed by atoms with van der Waals surface area (Å²) in [6, 6.07) is 4.42. The molecular formula is C15H22N2O3. The number of carboxylic acids is 1. The topological polar surface area (TPSA) is 92.4 Å². The summed E-state index contributed by atoms with van der Waals surface area (Å²) in [4.78, 5) is 23.1. The largest absolute Gasteiger partial charge is 0.478 e. The van der Waals surface area contributed by atoms with Crippen molar-refractivity contribution in [3.8, 4) is 0 Å². The van der Waals surface area contributed by atoms with Gasteiger partial charge in [-0.15, -0.1) is 0 Å². The van der Waals surface area contributed by atoms with E-state index in [0.717, 1.165) is 0 Å². The minimum atomic E-state index is -1.11. The van der Waals surface area contributed by atoms with Crippen molar-refractivity contribution < 1.29 is 14.7 Å². The van der Waals surface area contributed by atoms with E-state index in [9.17, 15) is 9.59 Å². The molecule has 20 heavy (non-hydrogen) atoms. The summed E-state index contributed by atoms with van der Waals surface area (Å²) in [7, 11) is 0. The number of hydrogen-bond acceptors (Lipinski definition) is 3. The lowest BCUT2D eigenvalue weighted by atomic mass is 9.80. The monoisotopic (exact) mass is 278 g/mol. The number of carboxylic acid groups (broad SMARTS) is 1. The summed E-state index contributed by atoms with van der Waals surface area (Å²) >= 11 is 0. The second kappa shape index (κ2) is 5.94. The van der Waals surface area contributed by atoms with E-state index in [0.29, 0.717) is 12.1 Å². The highest BCUT2D eigenvalue weighted by Gasteiger charge is 2.23. The highest BCUT2D eigenvalue weighted by molar-refractivity contribution is 6.01. The first kappa shape index (κ1) is 16.0. The van der Waals surface area contributed by atoms with Crippen LogP contribution in [0.15, 0.2) is 18.2 Å². The molecule has 0 saturated heterocycles. The van der Waals surface area contributed by atoms with Crippen molar-refractivity contribution in [2.75, 3.05) is 11.1 Å². The van der Waals surface area contributed by atoms with Crippen molar-refractivity contribution >= 4 is 23.3 Å². The normalized spacial score (nSPS) is 12.8. The van der Waals surface area contributed by atoms with E-state index in [2.05, 4.69) is 26.1 Å². The van der Waals surface area contributed by atoms with Gasteiger partial charge < -0.3 is 16.2 Å². The molecule has 1 aromatic carbocycles. The van der Waals surface area contributed by atoms with Crippen LogP contribution < -0.4 is 11.1 Å². The number of aromatic carboxylic acids is 1. The molecule has 1 unspecified atom stereocenters. The van der Waals surface area contributed by atoms with Crippen molar-refractivity contribution in [1.82, 2.24) is 0 Å². The van der Waals surface area contributed by atoms with E-state index in [1.165, 1.54) is 12.1 Å². The maximum absolute atomic E-state index is 12.0. The summed E-state index contributed by atoms with van der Waals surface area (Å²) in [6.07, 6.45) is 0.340. The number of anilines is 2. The quantitative estimate of drug-likeness (QED) is 0.738. The molecule has 0 bridgehead atoms. The van der Waals surface area contributed by atoms with Crippen LogP contribution in [0.25, 0.3) is 0 Å². The number of rotatable bonds is 4. The summed E-state index contributed by atoms with van der Waals surface area (Å²) in [5.41, 5.74) is 6.21. The van der Waals surface area contributed by atoms with Crippen LogP contribution in [0.3, 0.4) is 0 Å². The molecule has 0 aliphatic heterocycles. The third-order valence-corrected chi connectivity index (χ3v) is 3.52. The fraction of sp³-hybridized carbons (Fsp3) is 0.467. The van der Waals surface area contributed by atoms with Gasteiger partial charge >= 0.3 is 5.97 Å². The Hall–Kier alpha value is -2.04. The van der Waals surface area contributed by atoms with Crippen molar-refractivity contribution in [1.29, 1.82) is 0 Å². The number of amides is 1. The van der Waals surface area contributed by atoms with Gasteiger partial charge in [-0.3, -0.25) is 4.79 Å². The second-order valence-corrected chi connectivity index (χ2v) is 6.13. The summed E-state index contributed by atoms with van der Waals surface area (Å²) in [6.45, 7) is 8.20. The molecule has 0 saturated carbocycles. The maximum atomic E-state index is 12.0. The third-order valence-electron chi connectivity index (χ3n) is 3.52. The van der Waals surface area contributed by atoms with E-state index in [-0.39, 0.29) is 28.5 Å². The smallest absolute Gasteiger partial charge is 0.337 e. The van der Waals surface area contributed by atoms with Crippen molar-refractivity contribution in [2.24, 2.45) is 11.3 Å². The van der Waals surface area contributed by atoms with E-state index >= 15 is 0 Å². The van der Waals surface area contributed by atoms with Gasteiger partial charge in [-0.05, 0) is 29.5 Å². The molecule has 1 aromatic rings. The minimum Gasteiger partial charge on any atom is -0.478 e. The Morgan fingerprint density at radius 3 is 2.45 bits per heavy atom. The zero-order chi connectivity index (χ0) is 15.5. The average Bonchev–Trinajstić information content (AvgIpc) is 2.29. The molecule has 0 aliphatic carbocycles. The molecule has 0 heterocycles. The number of hydrogen-bond donors (Lipinski definition) is 3. The van der Waals surface area contributed by atoms with Crippen LogP contribution in [-0.2, 0) is 4.79 Å². The molecule has 1 rings (SSSR count). The van der Waals surface area contributed by atoms with Crippen LogP contribution in [-0.4, -0.2) is 17.0 Å². The standard InChI is InChI=1S/C15H22N2O3/c1-9(15(2,3)4)7-13(18)17-12-6-5-10(16)8-11(12)14(19)20/h5-6,8-9H,7,16H2,1-4H3,(H,17,18)(H,19,20). The van der Waals surface area contributed by atoms with Crippen molar-refractivity contribution in [3.63, 3.8) is 0 Å². The molecular weight excluding hydrogens is 256 g/mol. The molecule has 5 heteroatoms. The molecule has 1 amide bonds. The molecule has 110 valence electrons. The predicted octanol–water partition coefficient (Wildman–Crippen LogP) is 2.98. The number of benzene rings is 1. The van der Waals surface area contributed by atoms with Crippen LogP contribution >= 0.6 is 0 Å². The van der Waals surface area contributed by atoms with Crippen LogP contribution in [0.5, 0.6) is 0 Å². The average molecular weight is 278 g/mol. The molecule has 1 atom stereocenters. The molecule has 0 aromatic heterocycles. The van der Waals surface area contributed by atoms with Gasteiger partial charge in [-0.1, -0.05) is 27.7 Å². The zero-order valence-electron chi connectivity index (χ0n) is 12.4. The number of nitrogen functional groups attached to an aromatic ring is 1. The minimum absolute atomic E-state index is 0.00163. The number of nitrogens with two attached hydrogens (primary N) is 1. The molecule has 0 spiro atoms. The maximum Gasteiger partial charge on any atom is 0.337 e. The lowest BCUT2D eigenvalue weighted by Crippen LogP contribution is -2.24. The van der Waals surface area contributed by atoms with Crippen molar-refractivity contribution in [2.45, 2.75) is 34.1 Å². The molecule has 5 nitrogen and oxygen atoms in total. The first-order valence-electron chi connectivity index (χ1n) is 6.54. The fourth-order valence-electron chi connectivity index (χ4n) is 1.63. The summed E-state index contributed by atoms with van der Waals surface area (Å²) in [5.74, 6) is -1.12. The molecule has 0 radical (unpaired) electrons. The van der Waals surface area contributed by atoms with E-state index in [4.69, 9.17) is 10.8 Å². The van der Waals surface area contributed by atoms with Gasteiger partial charge in [-0.25, -0.2) is 4.79 Å². The number of carbonyl (C=O) groups excluding carboxylic acids is 1. The van der Waals surface area contributed by atoms with Crippen LogP contribution in [0, 0.1) is 11.3 Å². The van der Waals surface area contributed by atoms with Gasteiger partial charge in [0, 0.05) is 12.1 Å². The molecule has 0 fully saturated rings. The van der Waals surface area contributed by atoms with Gasteiger partial charge in [0.25, 0.3) is 0 Å². The Kier molecular flexibility index (Phi) is 4.76. The Bertz CT molecular complexity index is 518. The van der Waals surface area contributed by atoms with E-state index in [1.54, 1.807) is 6.07 Å². The predicted molar refractivity (Wildman–Crippen MR) is 79.7 cm³/mol. The van der Waals surface area contributed by atoms with Gasteiger partial charge in [0.2, 0.25) is 5.91 Å². The zero-order valence-corrected chi connectivity index (χ0v) is 12.4. The fourth-order valence-corrected chi connectivity index (χ4v) is 1.63. The van der Waals surface area contributed by atoms with Crippen LogP contribution in [0.4, 0.5) is 11.4 Å². The highest BCUT2D eigenvalue weighted by Crippen LogP contribution is 2.28. The SMILES string of the molecule is CC(CC(=O)Nc1ccc(N)cc1C(=O)O)C(C)(C)C. The lowest BCUT2D eigenvalue weighted by Gasteiger charge is -2.26. The number of carbonyl (C=O) groups is 2. The third kappa shape index (κ3) is 4.26. The molecule has 4 N–H and O–H groups in total. The lowest BCUT2D eigenvalue weighted by molar-refractivity contribution is -0.117. The Morgan fingerprint density at radius 2 is 1.95 bits per heavy atom.